The molecule has 29 heavy (non-hydrogen) atoms. The molecule has 8 nitrogen and oxygen atoms in total. The Morgan fingerprint density at radius 1 is 1.38 bits per heavy atom. The lowest BCUT2D eigenvalue weighted by Gasteiger charge is -2.52. The molecule has 3 unspecified atom stereocenters. The minimum atomic E-state index is 0.0709. The van der Waals surface area contributed by atoms with E-state index in [0.29, 0.717) is 18.7 Å². The van der Waals surface area contributed by atoms with Gasteiger partial charge >= 0.3 is 0 Å². The van der Waals surface area contributed by atoms with Crippen molar-refractivity contribution < 1.29 is 9.47 Å². The summed E-state index contributed by atoms with van der Waals surface area (Å²) in [6.45, 7) is 11.7. The van der Waals surface area contributed by atoms with Crippen LogP contribution in [0.2, 0.25) is 0 Å². The minimum absolute atomic E-state index is 0.0709. The van der Waals surface area contributed by atoms with E-state index >= 15 is 0 Å². The van der Waals surface area contributed by atoms with Crippen molar-refractivity contribution in [2.45, 2.75) is 84.6 Å². The van der Waals surface area contributed by atoms with Crippen LogP contribution in [0, 0.1) is 12.3 Å². The van der Waals surface area contributed by atoms with Gasteiger partial charge in [0.05, 0.1) is 12.2 Å². The number of aliphatic imine (C=N–C) groups is 1. The predicted molar refractivity (Wildman–Crippen MR) is 114 cm³/mol. The second-order valence-corrected chi connectivity index (χ2v) is 8.87. The molecule has 2 N–H and O–H groups in total. The molecule has 2 aliphatic rings. The number of aromatic nitrogens is 3. The molecule has 164 valence electrons. The van der Waals surface area contributed by atoms with Gasteiger partial charge in [-0.3, -0.25) is 0 Å². The van der Waals surface area contributed by atoms with Crippen molar-refractivity contribution in [3.05, 3.63) is 11.6 Å². The van der Waals surface area contributed by atoms with Crippen LogP contribution in [-0.4, -0.2) is 58.7 Å². The second kappa shape index (κ2) is 9.89. The highest BCUT2D eigenvalue weighted by atomic mass is 16.5. The van der Waals surface area contributed by atoms with Crippen molar-refractivity contribution in [3.63, 3.8) is 0 Å². The Hall–Kier alpha value is -1.67. The Morgan fingerprint density at radius 3 is 2.83 bits per heavy atom. The summed E-state index contributed by atoms with van der Waals surface area (Å²) >= 11 is 0. The van der Waals surface area contributed by atoms with Crippen molar-refractivity contribution in [2.75, 3.05) is 19.8 Å². The highest BCUT2D eigenvalue weighted by Crippen LogP contribution is 2.42. The Kier molecular flexibility index (Phi) is 7.51. The average molecular weight is 407 g/mol. The quantitative estimate of drug-likeness (QED) is 0.372. The van der Waals surface area contributed by atoms with Gasteiger partial charge in [-0.1, -0.05) is 27.2 Å². The zero-order chi connectivity index (χ0) is 20.9. The number of unbranched alkanes of at least 4 members (excludes halogenated alkanes) is 1. The topological polar surface area (TPSA) is 85.6 Å². The van der Waals surface area contributed by atoms with Crippen LogP contribution < -0.4 is 10.6 Å². The summed E-state index contributed by atoms with van der Waals surface area (Å²) in [5.74, 6) is 2.56. The molecule has 1 aromatic rings. The molecule has 1 saturated carbocycles. The van der Waals surface area contributed by atoms with E-state index in [-0.39, 0.29) is 11.5 Å². The number of nitrogens with one attached hydrogen (secondary N) is 2. The van der Waals surface area contributed by atoms with E-state index in [0.717, 1.165) is 63.1 Å². The molecular weight excluding hydrogens is 368 g/mol. The molecule has 0 radical (unpaired) electrons. The number of guanidine groups is 1. The van der Waals surface area contributed by atoms with Crippen LogP contribution in [0.4, 0.5) is 0 Å². The molecule has 1 aromatic heterocycles. The summed E-state index contributed by atoms with van der Waals surface area (Å²) in [6.07, 6.45) is 6.09. The Bertz CT molecular complexity index is 681. The molecule has 8 heteroatoms. The third kappa shape index (κ3) is 5.48. The molecule has 0 bridgehead atoms. The molecule has 1 aliphatic heterocycles. The fourth-order valence-corrected chi connectivity index (χ4v) is 3.86. The van der Waals surface area contributed by atoms with E-state index in [1.54, 1.807) is 0 Å². The molecule has 0 aromatic carbocycles. The highest BCUT2D eigenvalue weighted by molar-refractivity contribution is 5.80. The summed E-state index contributed by atoms with van der Waals surface area (Å²) in [5.41, 5.74) is 0.0709. The average Bonchev–Trinajstić information content (AvgIpc) is 3.33. The van der Waals surface area contributed by atoms with Crippen molar-refractivity contribution in [3.8, 4) is 0 Å². The summed E-state index contributed by atoms with van der Waals surface area (Å²) in [4.78, 5) is 4.79. The van der Waals surface area contributed by atoms with Gasteiger partial charge in [-0.2, -0.15) is 0 Å². The van der Waals surface area contributed by atoms with Crippen molar-refractivity contribution in [1.82, 2.24) is 25.4 Å². The van der Waals surface area contributed by atoms with Crippen LogP contribution >= 0.6 is 0 Å². The van der Waals surface area contributed by atoms with E-state index in [4.69, 9.17) is 14.5 Å². The highest BCUT2D eigenvalue weighted by Gasteiger charge is 2.49. The molecular formula is C21H38N6O2. The molecule has 2 heterocycles. The lowest BCUT2D eigenvalue weighted by Crippen LogP contribution is -2.63. The monoisotopic (exact) mass is 406 g/mol. The molecule has 3 atom stereocenters. The van der Waals surface area contributed by atoms with Gasteiger partial charge in [0.2, 0.25) is 0 Å². The van der Waals surface area contributed by atoms with Gasteiger partial charge in [0, 0.05) is 38.3 Å². The fraction of sp³-hybridized carbons (Fsp3) is 0.857. The Balaban J connectivity index is 1.60. The molecule has 0 spiro atoms. The fourth-order valence-electron chi connectivity index (χ4n) is 3.86. The standard InChI is InChI=1S/C21H38N6O2/c1-6-7-10-29-18-12-17(21(18,3)4)24-20(22-13-16-9-8-11-28-16)23-14-19-26-25-15(2)27(19)5/h16-18H,6-14H2,1-5H3,(H2,22,23,24). The first-order chi connectivity index (χ1) is 13.9. The van der Waals surface area contributed by atoms with Gasteiger partial charge in [0.15, 0.2) is 11.8 Å². The molecule has 1 saturated heterocycles. The normalized spacial score (nSPS) is 26.4. The third-order valence-corrected chi connectivity index (χ3v) is 6.39. The number of nitrogens with zero attached hydrogens (tertiary/aromatic N) is 4. The van der Waals surface area contributed by atoms with Crippen LogP contribution in [0.5, 0.6) is 0 Å². The van der Waals surface area contributed by atoms with Gasteiger partial charge in [-0.15, -0.1) is 10.2 Å². The van der Waals surface area contributed by atoms with Crippen LogP contribution in [0.3, 0.4) is 0 Å². The van der Waals surface area contributed by atoms with Crippen LogP contribution in [0.15, 0.2) is 4.99 Å². The summed E-state index contributed by atoms with van der Waals surface area (Å²) in [5, 5.41) is 15.5. The summed E-state index contributed by atoms with van der Waals surface area (Å²) < 4.78 is 13.8. The summed E-state index contributed by atoms with van der Waals surface area (Å²) in [6, 6.07) is 0.325. The zero-order valence-electron chi connectivity index (χ0n) is 18.7. The maximum atomic E-state index is 6.09. The number of aryl methyl sites for hydroxylation is 1. The smallest absolute Gasteiger partial charge is 0.192 e. The third-order valence-electron chi connectivity index (χ3n) is 6.39. The van der Waals surface area contributed by atoms with E-state index in [1.165, 1.54) is 6.42 Å². The van der Waals surface area contributed by atoms with Crippen LogP contribution in [0.1, 0.15) is 64.5 Å². The first-order valence-electron chi connectivity index (χ1n) is 11.0. The number of rotatable bonds is 9. The zero-order valence-corrected chi connectivity index (χ0v) is 18.7. The van der Waals surface area contributed by atoms with Crippen molar-refractivity contribution >= 4 is 5.96 Å². The maximum absolute atomic E-state index is 6.09. The number of ether oxygens (including phenoxy) is 2. The van der Waals surface area contributed by atoms with Gasteiger partial charge in [0.1, 0.15) is 12.4 Å². The minimum Gasteiger partial charge on any atom is -0.378 e. The van der Waals surface area contributed by atoms with E-state index < -0.39 is 0 Å². The van der Waals surface area contributed by atoms with Gasteiger partial charge in [0.25, 0.3) is 0 Å². The van der Waals surface area contributed by atoms with Crippen LogP contribution in [0.25, 0.3) is 0 Å². The van der Waals surface area contributed by atoms with Crippen LogP contribution in [-0.2, 0) is 23.1 Å². The number of hydrogen-bond acceptors (Lipinski definition) is 5. The van der Waals surface area contributed by atoms with Gasteiger partial charge in [-0.05, 0) is 32.6 Å². The SMILES string of the molecule is CCCCOC1CC(NC(=NCc2nnc(C)n2C)NCC2CCCO2)C1(C)C. The largest absolute Gasteiger partial charge is 0.378 e. The summed E-state index contributed by atoms with van der Waals surface area (Å²) in [7, 11) is 1.97. The predicted octanol–water partition coefficient (Wildman–Crippen LogP) is 2.32. The molecule has 0 amide bonds. The first kappa shape index (κ1) is 22.0. The lowest BCUT2D eigenvalue weighted by molar-refractivity contribution is -0.113. The Labute approximate surface area is 174 Å². The maximum Gasteiger partial charge on any atom is 0.192 e. The Morgan fingerprint density at radius 2 is 2.21 bits per heavy atom. The first-order valence-corrected chi connectivity index (χ1v) is 11.0. The van der Waals surface area contributed by atoms with Crippen molar-refractivity contribution in [2.24, 2.45) is 17.5 Å². The van der Waals surface area contributed by atoms with Crippen molar-refractivity contribution in [1.29, 1.82) is 0 Å². The second-order valence-electron chi connectivity index (χ2n) is 8.87. The van der Waals surface area contributed by atoms with E-state index in [2.05, 4.69) is 41.6 Å². The van der Waals surface area contributed by atoms with E-state index in [1.807, 2.05) is 18.5 Å². The van der Waals surface area contributed by atoms with Gasteiger partial charge in [-0.25, -0.2) is 4.99 Å². The molecule has 3 rings (SSSR count). The van der Waals surface area contributed by atoms with E-state index in [9.17, 15) is 0 Å². The molecule has 1 aliphatic carbocycles. The molecule has 2 fully saturated rings. The number of hydrogen-bond donors (Lipinski definition) is 2. The lowest BCUT2D eigenvalue weighted by atomic mass is 9.64. The van der Waals surface area contributed by atoms with Gasteiger partial charge < -0.3 is 24.7 Å².